The number of carbonyl (C=O) groups is 2. The summed E-state index contributed by atoms with van der Waals surface area (Å²) < 4.78 is 4.78. The number of nitrogens with one attached hydrogen (secondary N) is 2. The zero-order valence-corrected chi connectivity index (χ0v) is 15.7. The lowest BCUT2D eigenvalue weighted by Gasteiger charge is -2.36. The number of H-pyrrole nitrogens is 1. The van der Waals surface area contributed by atoms with E-state index in [2.05, 4.69) is 10.3 Å². The van der Waals surface area contributed by atoms with Crippen LogP contribution in [0.5, 0.6) is 0 Å². The van der Waals surface area contributed by atoms with Gasteiger partial charge in [0.15, 0.2) is 0 Å². The lowest BCUT2D eigenvalue weighted by molar-refractivity contribution is 0.0902. The fourth-order valence-corrected chi connectivity index (χ4v) is 3.47. The van der Waals surface area contributed by atoms with Crippen molar-refractivity contribution in [1.29, 1.82) is 0 Å². The molecule has 8 heteroatoms. The summed E-state index contributed by atoms with van der Waals surface area (Å²) in [6.07, 6.45) is 1.36. The summed E-state index contributed by atoms with van der Waals surface area (Å²) >= 11 is 6.00. The Balaban J connectivity index is 1.57. The Morgan fingerprint density at radius 1 is 1.42 bits per heavy atom. The van der Waals surface area contributed by atoms with Crippen LogP contribution in [-0.2, 0) is 11.3 Å². The van der Waals surface area contributed by atoms with Crippen molar-refractivity contribution in [2.45, 2.75) is 25.4 Å². The van der Waals surface area contributed by atoms with E-state index in [4.69, 9.17) is 16.3 Å². The number of amides is 3. The van der Waals surface area contributed by atoms with Crippen LogP contribution < -0.4 is 5.32 Å². The number of likely N-dealkylation sites (tertiary alicyclic amines) is 1. The Morgan fingerprint density at radius 3 is 3.00 bits per heavy atom. The van der Waals surface area contributed by atoms with Crippen LogP contribution in [0.4, 0.5) is 9.59 Å². The van der Waals surface area contributed by atoms with E-state index in [0.29, 0.717) is 24.7 Å². The van der Waals surface area contributed by atoms with Crippen LogP contribution in [0, 0.1) is 0 Å². The summed E-state index contributed by atoms with van der Waals surface area (Å²) in [5, 5.41) is 4.61. The monoisotopic (exact) mass is 378 g/mol. The Labute approximate surface area is 157 Å². The van der Waals surface area contributed by atoms with Crippen LogP contribution in [0.15, 0.2) is 24.3 Å². The van der Waals surface area contributed by atoms with Gasteiger partial charge in [0.2, 0.25) is 0 Å². The van der Waals surface area contributed by atoms with Gasteiger partial charge < -0.3 is 24.8 Å². The minimum Gasteiger partial charge on any atom is -0.453 e. The molecule has 1 aromatic heterocycles. The lowest BCUT2D eigenvalue weighted by atomic mass is 10.1. The Bertz CT molecular complexity index is 807. The molecule has 2 heterocycles. The first-order valence-electron chi connectivity index (χ1n) is 8.58. The number of methoxy groups -OCH3 is 1. The van der Waals surface area contributed by atoms with Gasteiger partial charge in [0.25, 0.3) is 0 Å². The lowest BCUT2D eigenvalue weighted by Crippen LogP contribution is -2.52. The third kappa shape index (κ3) is 4.04. The maximum absolute atomic E-state index is 12.5. The molecule has 2 N–H and O–H groups in total. The molecule has 1 fully saturated rings. The average molecular weight is 379 g/mol. The third-order valence-electron chi connectivity index (χ3n) is 4.77. The quantitative estimate of drug-likeness (QED) is 0.860. The highest BCUT2D eigenvalue weighted by molar-refractivity contribution is 6.31. The van der Waals surface area contributed by atoms with Crippen LogP contribution in [0.25, 0.3) is 10.9 Å². The van der Waals surface area contributed by atoms with E-state index < -0.39 is 0 Å². The van der Waals surface area contributed by atoms with Gasteiger partial charge in [0.05, 0.1) is 19.7 Å². The van der Waals surface area contributed by atoms with Gasteiger partial charge in [-0.1, -0.05) is 11.6 Å². The molecule has 0 saturated carbocycles. The second-order valence-electron chi connectivity index (χ2n) is 6.51. The van der Waals surface area contributed by atoms with Crippen molar-refractivity contribution in [2.75, 3.05) is 27.2 Å². The van der Waals surface area contributed by atoms with Gasteiger partial charge in [0.1, 0.15) is 0 Å². The molecule has 1 aromatic carbocycles. The van der Waals surface area contributed by atoms with Gasteiger partial charge >= 0.3 is 12.1 Å². The number of hydrogen-bond acceptors (Lipinski definition) is 3. The molecule has 2 aromatic rings. The highest BCUT2D eigenvalue weighted by Crippen LogP contribution is 2.20. The number of ether oxygens (including phenoxy) is 1. The van der Waals surface area contributed by atoms with Gasteiger partial charge in [-0.2, -0.15) is 0 Å². The smallest absolute Gasteiger partial charge is 0.409 e. The Morgan fingerprint density at radius 2 is 2.23 bits per heavy atom. The van der Waals surface area contributed by atoms with Crippen molar-refractivity contribution < 1.29 is 14.3 Å². The zero-order chi connectivity index (χ0) is 18.7. The van der Waals surface area contributed by atoms with Gasteiger partial charge in [-0.15, -0.1) is 0 Å². The summed E-state index contributed by atoms with van der Waals surface area (Å²) in [5.74, 6) is 0. The number of rotatable bonds is 3. The van der Waals surface area contributed by atoms with Gasteiger partial charge in [0, 0.05) is 41.8 Å². The molecule has 0 aliphatic carbocycles. The fraction of sp³-hybridized carbons (Fsp3) is 0.444. The number of aromatic amines is 1. The van der Waals surface area contributed by atoms with Crippen LogP contribution in [-0.4, -0.2) is 60.2 Å². The number of fused-ring (bicyclic) bond motifs is 1. The van der Waals surface area contributed by atoms with E-state index >= 15 is 0 Å². The van der Waals surface area contributed by atoms with E-state index in [1.54, 1.807) is 16.8 Å². The topological polar surface area (TPSA) is 77.7 Å². The number of likely N-dealkylation sites (N-methyl/N-ethyl adjacent to an activating group) is 1. The van der Waals surface area contributed by atoms with Crippen LogP contribution in [0.2, 0.25) is 5.02 Å². The molecule has 26 heavy (non-hydrogen) atoms. The molecular weight excluding hydrogens is 356 g/mol. The Kier molecular flexibility index (Phi) is 5.56. The number of urea groups is 1. The summed E-state index contributed by atoms with van der Waals surface area (Å²) in [5.41, 5.74) is 1.89. The Hall–Kier alpha value is -2.41. The molecule has 0 radical (unpaired) electrons. The molecule has 7 nitrogen and oxygen atoms in total. The molecule has 0 unspecified atom stereocenters. The van der Waals surface area contributed by atoms with E-state index in [-0.39, 0.29) is 18.2 Å². The van der Waals surface area contributed by atoms with Crippen LogP contribution in [0.3, 0.4) is 0 Å². The van der Waals surface area contributed by atoms with Crippen molar-refractivity contribution >= 4 is 34.6 Å². The number of benzene rings is 1. The molecule has 3 rings (SSSR count). The maximum atomic E-state index is 12.5. The van der Waals surface area contributed by atoms with Crippen molar-refractivity contribution in [2.24, 2.45) is 0 Å². The first kappa shape index (κ1) is 18.4. The highest BCUT2D eigenvalue weighted by Gasteiger charge is 2.28. The number of piperidine rings is 1. The number of carbonyl (C=O) groups excluding carboxylic acids is 2. The van der Waals surface area contributed by atoms with Crippen molar-refractivity contribution in [3.05, 3.63) is 35.0 Å². The molecule has 0 spiro atoms. The fourth-order valence-electron chi connectivity index (χ4n) is 3.29. The summed E-state index contributed by atoms with van der Waals surface area (Å²) in [4.78, 5) is 30.7. The zero-order valence-electron chi connectivity index (χ0n) is 14.9. The summed E-state index contributed by atoms with van der Waals surface area (Å²) in [6.45, 7) is 1.54. The minimum atomic E-state index is -0.347. The first-order chi connectivity index (χ1) is 12.5. The molecule has 140 valence electrons. The molecule has 1 atom stereocenters. The van der Waals surface area contributed by atoms with E-state index in [0.717, 1.165) is 29.4 Å². The van der Waals surface area contributed by atoms with E-state index in [1.807, 2.05) is 24.3 Å². The van der Waals surface area contributed by atoms with Gasteiger partial charge in [-0.3, -0.25) is 0 Å². The molecule has 1 aliphatic rings. The third-order valence-corrected chi connectivity index (χ3v) is 5.00. The minimum absolute atomic E-state index is 0.0237. The van der Waals surface area contributed by atoms with Gasteiger partial charge in [-0.25, -0.2) is 9.59 Å². The van der Waals surface area contributed by atoms with Crippen LogP contribution in [0.1, 0.15) is 18.5 Å². The molecule has 1 aliphatic heterocycles. The predicted octanol–water partition coefficient (Wildman–Crippen LogP) is 3.19. The largest absolute Gasteiger partial charge is 0.453 e. The van der Waals surface area contributed by atoms with Crippen molar-refractivity contribution in [3.8, 4) is 0 Å². The highest BCUT2D eigenvalue weighted by atomic mass is 35.5. The van der Waals surface area contributed by atoms with Crippen molar-refractivity contribution in [3.63, 3.8) is 0 Å². The maximum Gasteiger partial charge on any atom is 0.409 e. The number of aromatic nitrogens is 1. The van der Waals surface area contributed by atoms with E-state index in [1.165, 1.54) is 7.11 Å². The second-order valence-corrected chi connectivity index (χ2v) is 6.94. The number of halogens is 1. The predicted molar refractivity (Wildman–Crippen MR) is 100 cm³/mol. The molecule has 1 saturated heterocycles. The summed E-state index contributed by atoms with van der Waals surface area (Å²) in [6, 6.07) is 7.41. The van der Waals surface area contributed by atoms with Crippen LogP contribution >= 0.6 is 11.6 Å². The van der Waals surface area contributed by atoms with E-state index in [9.17, 15) is 9.59 Å². The molecule has 0 bridgehead atoms. The SMILES string of the molecule is COC(=O)N1CCC[C@@H](N(C)C(=O)NCc2cc3cc(Cl)ccc3[nH]2)C1. The normalized spacial score (nSPS) is 17.2. The average Bonchev–Trinajstić information content (AvgIpc) is 3.06. The summed E-state index contributed by atoms with van der Waals surface area (Å²) in [7, 11) is 3.13. The molecule has 3 amide bonds. The first-order valence-corrected chi connectivity index (χ1v) is 8.96. The van der Waals surface area contributed by atoms with Crippen molar-refractivity contribution in [1.82, 2.24) is 20.1 Å². The standard InChI is InChI=1S/C18H23ClN4O3/c1-22(15-4-3-7-23(11-15)18(25)26-2)17(24)20-10-14-9-12-8-13(19)5-6-16(12)21-14/h5-6,8-9,15,21H,3-4,7,10-11H2,1-2H3,(H,20,24)/t15-/m1/s1. The van der Waals surface area contributed by atoms with Gasteiger partial charge in [-0.05, 0) is 37.1 Å². The second kappa shape index (κ2) is 7.86. The number of nitrogens with zero attached hydrogens (tertiary/aromatic N) is 2. The molecular formula is C18H23ClN4O3. The number of hydrogen-bond donors (Lipinski definition) is 2.